The average molecular weight is 373 g/mol. The number of carboxylic acids is 1. The zero-order valence-electron chi connectivity index (χ0n) is 14.8. The maximum absolute atomic E-state index is 13.4. The highest BCUT2D eigenvalue weighted by molar-refractivity contribution is 5.89. The number of allylic oxidation sites excluding steroid dienone is 1. The second-order valence-corrected chi connectivity index (χ2v) is 6.04. The molecule has 3 aromatic carbocycles. The van der Waals surface area contributed by atoms with E-state index in [1.807, 2.05) is 0 Å². The number of nitrogens with zero attached hydrogens (tertiary/aromatic N) is 1. The van der Waals surface area contributed by atoms with E-state index < -0.39 is 11.8 Å². The molecule has 0 saturated heterocycles. The van der Waals surface area contributed by atoms with E-state index in [9.17, 15) is 14.4 Å². The van der Waals surface area contributed by atoms with Crippen molar-refractivity contribution in [2.45, 2.75) is 6.61 Å². The minimum absolute atomic E-state index is 0.228. The Morgan fingerprint density at radius 3 is 2.36 bits per heavy atom. The monoisotopic (exact) mass is 373 g/mol. The summed E-state index contributed by atoms with van der Waals surface area (Å²) in [5.41, 5.74) is 2.76. The number of nitriles is 1. The number of rotatable bonds is 6. The summed E-state index contributed by atoms with van der Waals surface area (Å²) in [6.07, 6.45) is 1.68. The van der Waals surface area contributed by atoms with Crippen molar-refractivity contribution in [1.82, 2.24) is 0 Å². The van der Waals surface area contributed by atoms with Gasteiger partial charge in [0.1, 0.15) is 18.2 Å². The molecule has 0 atom stereocenters. The highest BCUT2D eigenvalue weighted by Crippen LogP contribution is 2.21. The first kappa shape index (κ1) is 18.9. The van der Waals surface area contributed by atoms with Gasteiger partial charge in [0.2, 0.25) is 0 Å². The van der Waals surface area contributed by atoms with E-state index in [2.05, 4.69) is 6.07 Å². The first-order chi connectivity index (χ1) is 13.5. The van der Waals surface area contributed by atoms with Crippen molar-refractivity contribution >= 4 is 17.6 Å². The number of carbonyl (C=O) groups is 1. The second kappa shape index (κ2) is 8.65. The van der Waals surface area contributed by atoms with Gasteiger partial charge in [-0.15, -0.1) is 0 Å². The van der Waals surface area contributed by atoms with Gasteiger partial charge < -0.3 is 9.84 Å². The summed E-state index contributed by atoms with van der Waals surface area (Å²) < 4.78 is 19.1. The molecule has 0 aliphatic heterocycles. The van der Waals surface area contributed by atoms with Crippen LogP contribution in [0.15, 0.2) is 72.8 Å². The Balaban J connectivity index is 1.67. The summed E-state index contributed by atoms with van der Waals surface area (Å²) in [7, 11) is 0. The van der Waals surface area contributed by atoms with Crippen molar-refractivity contribution in [3.63, 3.8) is 0 Å². The molecule has 28 heavy (non-hydrogen) atoms. The van der Waals surface area contributed by atoms with Crippen molar-refractivity contribution in [2.24, 2.45) is 0 Å². The molecule has 0 aliphatic carbocycles. The molecule has 3 rings (SSSR count). The molecule has 0 aliphatic rings. The molecule has 0 radical (unpaired) electrons. The van der Waals surface area contributed by atoms with Crippen molar-refractivity contribution in [1.29, 1.82) is 5.26 Å². The van der Waals surface area contributed by atoms with Gasteiger partial charge >= 0.3 is 5.97 Å². The molecule has 4 nitrogen and oxygen atoms in total. The minimum Gasteiger partial charge on any atom is -0.489 e. The molecule has 0 spiro atoms. The molecule has 0 heterocycles. The van der Waals surface area contributed by atoms with Gasteiger partial charge in [0.05, 0.1) is 17.2 Å². The molecule has 0 aromatic heterocycles. The van der Waals surface area contributed by atoms with E-state index in [-0.39, 0.29) is 5.56 Å². The number of hydrogen-bond donors (Lipinski definition) is 1. The Morgan fingerprint density at radius 2 is 1.75 bits per heavy atom. The number of hydrogen-bond acceptors (Lipinski definition) is 3. The molecule has 0 fully saturated rings. The highest BCUT2D eigenvalue weighted by atomic mass is 19.1. The van der Waals surface area contributed by atoms with Crippen LogP contribution in [-0.4, -0.2) is 11.1 Å². The van der Waals surface area contributed by atoms with E-state index in [1.54, 1.807) is 54.6 Å². The van der Waals surface area contributed by atoms with Gasteiger partial charge in [-0.1, -0.05) is 36.4 Å². The van der Waals surface area contributed by atoms with Gasteiger partial charge in [-0.05, 0) is 59.2 Å². The zero-order chi connectivity index (χ0) is 19.9. The lowest BCUT2D eigenvalue weighted by molar-refractivity contribution is 0.0697. The smallest absolute Gasteiger partial charge is 0.335 e. The van der Waals surface area contributed by atoms with Crippen LogP contribution in [0.5, 0.6) is 5.75 Å². The Hall–Kier alpha value is -3.91. The number of carboxylic acid groups (broad SMARTS) is 1. The maximum atomic E-state index is 13.4. The molecule has 0 bridgehead atoms. The third kappa shape index (κ3) is 4.83. The second-order valence-electron chi connectivity index (χ2n) is 6.04. The lowest BCUT2D eigenvalue weighted by atomic mass is 10.0. The number of halogens is 1. The largest absolute Gasteiger partial charge is 0.489 e. The first-order valence-corrected chi connectivity index (χ1v) is 8.48. The summed E-state index contributed by atoms with van der Waals surface area (Å²) in [6.45, 7) is 0.307. The van der Waals surface area contributed by atoms with Crippen molar-refractivity contribution in [3.8, 4) is 11.8 Å². The minimum atomic E-state index is -0.967. The Kier molecular flexibility index (Phi) is 5.83. The van der Waals surface area contributed by atoms with Crippen LogP contribution in [-0.2, 0) is 6.61 Å². The third-order valence-electron chi connectivity index (χ3n) is 4.05. The number of aromatic carboxylic acids is 1. The van der Waals surface area contributed by atoms with Crippen LogP contribution in [0, 0.1) is 17.1 Å². The number of ether oxygens (including phenoxy) is 1. The van der Waals surface area contributed by atoms with Gasteiger partial charge in [-0.3, -0.25) is 0 Å². The average Bonchev–Trinajstić information content (AvgIpc) is 2.71. The van der Waals surface area contributed by atoms with E-state index in [4.69, 9.17) is 9.84 Å². The Bertz CT molecular complexity index is 1050. The SMILES string of the molecule is N#CC(=Cc1ccc(OCc2ccc(C(=O)O)cc2)cc1)c1cccc(F)c1. The summed E-state index contributed by atoms with van der Waals surface area (Å²) in [6, 6.07) is 21.6. The topological polar surface area (TPSA) is 70.3 Å². The molecule has 5 heteroatoms. The number of benzene rings is 3. The highest BCUT2D eigenvalue weighted by Gasteiger charge is 2.04. The first-order valence-electron chi connectivity index (χ1n) is 8.48. The van der Waals surface area contributed by atoms with E-state index in [1.165, 1.54) is 24.3 Å². The molecule has 1 N–H and O–H groups in total. The fraction of sp³-hybridized carbons (Fsp3) is 0.0435. The molecular formula is C23H16FNO3. The van der Waals surface area contributed by atoms with Crippen LogP contribution >= 0.6 is 0 Å². The normalized spacial score (nSPS) is 10.9. The van der Waals surface area contributed by atoms with Gasteiger partial charge in [0, 0.05) is 0 Å². The lowest BCUT2D eigenvalue weighted by Crippen LogP contribution is -1.98. The Labute approximate surface area is 161 Å². The summed E-state index contributed by atoms with van der Waals surface area (Å²) in [5, 5.41) is 18.2. The predicted octanol–water partition coefficient (Wildman–Crippen LogP) is 5.17. The fourth-order valence-electron chi connectivity index (χ4n) is 2.57. The predicted molar refractivity (Wildman–Crippen MR) is 104 cm³/mol. The van der Waals surface area contributed by atoms with Gasteiger partial charge in [0.15, 0.2) is 0 Å². The van der Waals surface area contributed by atoms with Crippen molar-refractivity contribution in [3.05, 3.63) is 101 Å². The molecule has 0 unspecified atom stereocenters. The summed E-state index contributed by atoms with van der Waals surface area (Å²) in [4.78, 5) is 10.9. The quantitative estimate of drug-likeness (QED) is 0.478. The molecule has 0 amide bonds. The lowest BCUT2D eigenvalue weighted by Gasteiger charge is -2.07. The van der Waals surface area contributed by atoms with E-state index in [0.717, 1.165) is 11.1 Å². The molecular weight excluding hydrogens is 357 g/mol. The van der Waals surface area contributed by atoms with Gasteiger partial charge in [-0.25, -0.2) is 9.18 Å². The maximum Gasteiger partial charge on any atom is 0.335 e. The standard InChI is InChI=1S/C23H16FNO3/c24-21-3-1-2-19(13-21)20(14-25)12-16-6-10-22(11-7-16)28-15-17-4-8-18(9-5-17)23(26)27/h1-13H,15H2,(H,26,27). The fourth-order valence-corrected chi connectivity index (χ4v) is 2.57. The third-order valence-corrected chi connectivity index (χ3v) is 4.05. The van der Waals surface area contributed by atoms with E-state index >= 15 is 0 Å². The van der Waals surface area contributed by atoms with Crippen LogP contribution in [0.1, 0.15) is 27.0 Å². The van der Waals surface area contributed by atoms with Crippen molar-refractivity contribution < 1.29 is 19.0 Å². The molecule has 0 saturated carbocycles. The molecule has 138 valence electrons. The van der Waals surface area contributed by atoms with Crippen LogP contribution < -0.4 is 4.74 Å². The van der Waals surface area contributed by atoms with Gasteiger partial charge in [-0.2, -0.15) is 5.26 Å². The van der Waals surface area contributed by atoms with Crippen LogP contribution in [0.3, 0.4) is 0 Å². The van der Waals surface area contributed by atoms with E-state index in [0.29, 0.717) is 23.5 Å². The van der Waals surface area contributed by atoms with Gasteiger partial charge in [0.25, 0.3) is 0 Å². The Morgan fingerprint density at radius 1 is 1.04 bits per heavy atom. The van der Waals surface area contributed by atoms with Crippen molar-refractivity contribution in [2.75, 3.05) is 0 Å². The van der Waals surface area contributed by atoms with Crippen LogP contribution in [0.25, 0.3) is 11.6 Å². The molecule has 3 aromatic rings. The van der Waals surface area contributed by atoms with Crippen LogP contribution in [0.2, 0.25) is 0 Å². The summed E-state index contributed by atoms with van der Waals surface area (Å²) >= 11 is 0. The van der Waals surface area contributed by atoms with Crippen LogP contribution in [0.4, 0.5) is 4.39 Å². The zero-order valence-corrected chi connectivity index (χ0v) is 14.8. The summed E-state index contributed by atoms with van der Waals surface area (Å²) in [5.74, 6) is -0.714.